The number of halogens is 3. The molecule has 0 bridgehead atoms. The van der Waals surface area contributed by atoms with Crippen LogP contribution < -0.4 is 5.32 Å². The van der Waals surface area contributed by atoms with E-state index in [0.717, 1.165) is 6.08 Å². The van der Waals surface area contributed by atoms with Crippen LogP contribution in [0.5, 0.6) is 0 Å². The van der Waals surface area contributed by atoms with Gasteiger partial charge in [0.2, 0.25) is 0 Å². The minimum absolute atomic E-state index is 0.104. The summed E-state index contributed by atoms with van der Waals surface area (Å²) in [6, 6.07) is 1.39. The van der Waals surface area contributed by atoms with Gasteiger partial charge in [-0.3, -0.25) is 9.78 Å². The quantitative estimate of drug-likeness (QED) is 0.624. The van der Waals surface area contributed by atoms with Crippen LogP contribution in [0.3, 0.4) is 0 Å². The van der Waals surface area contributed by atoms with Gasteiger partial charge in [-0.2, -0.15) is 13.2 Å². The zero-order valence-electron chi connectivity index (χ0n) is 10.9. The smallest absolute Gasteiger partial charge is 0.389 e. The van der Waals surface area contributed by atoms with Gasteiger partial charge in [-0.15, -0.1) is 0 Å². The summed E-state index contributed by atoms with van der Waals surface area (Å²) in [6.07, 6.45) is -0.656. The van der Waals surface area contributed by atoms with Crippen LogP contribution in [0.15, 0.2) is 24.5 Å². The number of hydrogen-bond donors (Lipinski definition) is 2. The highest BCUT2D eigenvalue weighted by atomic mass is 19.4. The second kappa shape index (κ2) is 7.41. The Morgan fingerprint density at radius 2 is 2.05 bits per heavy atom. The zero-order valence-corrected chi connectivity index (χ0v) is 10.9. The highest BCUT2D eigenvalue weighted by Gasteiger charge is 2.25. The molecule has 1 aromatic heterocycles. The van der Waals surface area contributed by atoms with Crippen LogP contribution in [0.25, 0.3) is 6.08 Å². The Hall–Kier alpha value is -2.38. The van der Waals surface area contributed by atoms with E-state index in [1.54, 1.807) is 0 Å². The van der Waals surface area contributed by atoms with Crippen LogP contribution in [0.2, 0.25) is 0 Å². The van der Waals surface area contributed by atoms with Gasteiger partial charge in [0.05, 0.1) is 5.56 Å². The maximum atomic E-state index is 11.9. The molecule has 0 aliphatic rings. The number of carbonyl (C=O) groups is 2. The molecule has 0 radical (unpaired) electrons. The lowest BCUT2D eigenvalue weighted by Crippen LogP contribution is -2.25. The van der Waals surface area contributed by atoms with Gasteiger partial charge in [-0.05, 0) is 24.1 Å². The number of amides is 1. The van der Waals surface area contributed by atoms with Gasteiger partial charge in [0.1, 0.15) is 0 Å². The Morgan fingerprint density at radius 3 is 2.67 bits per heavy atom. The molecule has 1 aromatic rings. The van der Waals surface area contributed by atoms with E-state index < -0.39 is 24.5 Å². The SMILES string of the molecule is O=C(O)/C=C/c1cncc(C(=O)NCCCC(F)(F)F)c1. The van der Waals surface area contributed by atoms with Gasteiger partial charge >= 0.3 is 12.1 Å². The highest BCUT2D eigenvalue weighted by Crippen LogP contribution is 2.20. The molecule has 21 heavy (non-hydrogen) atoms. The van der Waals surface area contributed by atoms with Crippen molar-refractivity contribution in [1.82, 2.24) is 10.3 Å². The first kappa shape index (κ1) is 16.7. The Kier molecular flexibility index (Phi) is 5.89. The molecule has 0 spiro atoms. The van der Waals surface area contributed by atoms with E-state index in [-0.39, 0.29) is 18.5 Å². The summed E-state index contributed by atoms with van der Waals surface area (Å²) in [4.78, 5) is 25.8. The first-order chi connectivity index (χ1) is 9.78. The zero-order chi connectivity index (χ0) is 15.9. The number of nitrogens with zero attached hydrogens (tertiary/aromatic N) is 1. The van der Waals surface area contributed by atoms with Gasteiger partial charge in [-0.1, -0.05) is 0 Å². The number of nitrogens with one attached hydrogen (secondary N) is 1. The topological polar surface area (TPSA) is 79.3 Å². The molecule has 1 heterocycles. The molecule has 0 saturated carbocycles. The van der Waals surface area contributed by atoms with Crippen LogP contribution in [0.4, 0.5) is 13.2 Å². The molecule has 1 rings (SSSR count). The predicted octanol–water partition coefficient (Wildman–Crippen LogP) is 2.25. The van der Waals surface area contributed by atoms with Crippen molar-refractivity contribution in [2.75, 3.05) is 6.54 Å². The second-order valence-electron chi connectivity index (χ2n) is 4.15. The molecular formula is C13H13F3N2O3. The van der Waals surface area contributed by atoms with E-state index >= 15 is 0 Å². The van der Waals surface area contributed by atoms with Crippen molar-refractivity contribution >= 4 is 18.0 Å². The third-order valence-corrected chi connectivity index (χ3v) is 2.36. The number of hydrogen-bond acceptors (Lipinski definition) is 3. The van der Waals surface area contributed by atoms with Crippen molar-refractivity contribution in [2.45, 2.75) is 19.0 Å². The molecular weight excluding hydrogens is 289 g/mol. The normalized spacial score (nSPS) is 11.6. The standard InChI is InChI=1S/C13H13F3N2O3/c14-13(15,16)4-1-5-18-12(21)10-6-9(7-17-8-10)2-3-11(19)20/h2-3,6-8H,1,4-5H2,(H,18,21)(H,19,20)/b3-2+. The Bertz CT molecular complexity index is 542. The predicted molar refractivity (Wildman–Crippen MR) is 68.5 cm³/mol. The van der Waals surface area contributed by atoms with Crippen molar-refractivity contribution in [2.24, 2.45) is 0 Å². The number of alkyl halides is 3. The van der Waals surface area contributed by atoms with Gasteiger partial charge in [0, 0.05) is 31.4 Å². The number of carbonyl (C=O) groups excluding carboxylic acids is 1. The van der Waals surface area contributed by atoms with E-state index in [1.807, 2.05) is 0 Å². The van der Waals surface area contributed by atoms with Crippen molar-refractivity contribution in [1.29, 1.82) is 0 Å². The third kappa shape index (κ3) is 7.09. The largest absolute Gasteiger partial charge is 0.478 e. The van der Waals surface area contributed by atoms with E-state index in [1.165, 1.54) is 24.5 Å². The molecule has 0 aromatic carbocycles. The molecule has 0 unspecified atom stereocenters. The summed E-state index contributed by atoms with van der Waals surface area (Å²) in [6.45, 7) is -0.104. The lowest BCUT2D eigenvalue weighted by Gasteiger charge is -2.07. The van der Waals surface area contributed by atoms with Crippen LogP contribution in [0.1, 0.15) is 28.8 Å². The van der Waals surface area contributed by atoms with Crippen molar-refractivity contribution in [3.05, 3.63) is 35.7 Å². The first-order valence-electron chi connectivity index (χ1n) is 5.99. The summed E-state index contributed by atoms with van der Waals surface area (Å²) in [7, 11) is 0. The number of rotatable bonds is 6. The van der Waals surface area contributed by atoms with E-state index in [0.29, 0.717) is 5.56 Å². The van der Waals surface area contributed by atoms with E-state index in [4.69, 9.17) is 5.11 Å². The summed E-state index contributed by atoms with van der Waals surface area (Å²) in [5, 5.41) is 10.8. The maximum Gasteiger partial charge on any atom is 0.389 e. The summed E-state index contributed by atoms with van der Waals surface area (Å²) in [5.74, 6) is -1.70. The Labute approximate surface area is 118 Å². The van der Waals surface area contributed by atoms with Crippen LogP contribution in [-0.2, 0) is 4.79 Å². The molecule has 2 N–H and O–H groups in total. The lowest BCUT2D eigenvalue weighted by molar-refractivity contribution is -0.135. The maximum absolute atomic E-state index is 11.9. The van der Waals surface area contributed by atoms with Gasteiger partial charge in [0.15, 0.2) is 0 Å². The Balaban J connectivity index is 2.54. The minimum atomic E-state index is -4.24. The van der Waals surface area contributed by atoms with E-state index in [2.05, 4.69) is 10.3 Å². The average Bonchev–Trinajstić information content (AvgIpc) is 2.40. The monoisotopic (exact) mass is 302 g/mol. The molecule has 1 amide bonds. The number of pyridine rings is 1. The third-order valence-electron chi connectivity index (χ3n) is 2.36. The van der Waals surface area contributed by atoms with Crippen LogP contribution in [0, 0.1) is 0 Å². The van der Waals surface area contributed by atoms with Gasteiger partial charge < -0.3 is 10.4 Å². The summed E-state index contributed by atoms with van der Waals surface area (Å²) in [5.41, 5.74) is 0.551. The van der Waals surface area contributed by atoms with Crippen LogP contribution in [-0.4, -0.2) is 34.7 Å². The van der Waals surface area contributed by atoms with Gasteiger partial charge in [-0.25, -0.2) is 4.79 Å². The number of aliphatic carboxylic acids is 1. The molecule has 0 aliphatic heterocycles. The van der Waals surface area contributed by atoms with Crippen molar-refractivity contribution in [3.63, 3.8) is 0 Å². The fraction of sp³-hybridized carbons (Fsp3) is 0.308. The molecule has 0 fully saturated rings. The first-order valence-corrected chi connectivity index (χ1v) is 5.99. The van der Waals surface area contributed by atoms with Gasteiger partial charge in [0.25, 0.3) is 5.91 Å². The minimum Gasteiger partial charge on any atom is -0.478 e. The molecule has 0 aliphatic carbocycles. The molecule has 0 atom stereocenters. The van der Waals surface area contributed by atoms with Crippen LogP contribution >= 0.6 is 0 Å². The van der Waals surface area contributed by atoms with Crippen molar-refractivity contribution < 1.29 is 27.9 Å². The fourth-order valence-electron chi connectivity index (χ4n) is 1.43. The molecule has 114 valence electrons. The second-order valence-corrected chi connectivity index (χ2v) is 4.15. The molecule has 5 nitrogen and oxygen atoms in total. The van der Waals surface area contributed by atoms with E-state index in [9.17, 15) is 22.8 Å². The summed E-state index contributed by atoms with van der Waals surface area (Å²) < 4.78 is 35.8. The van der Waals surface area contributed by atoms with Crippen molar-refractivity contribution in [3.8, 4) is 0 Å². The Morgan fingerprint density at radius 1 is 1.33 bits per heavy atom. The lowest BCUT2D eigenvalue weighted by atomic mass is 10.2. The number of carboxylic acid groups (broad SMARTS) is 1. The highest BCUT2D eigenvalue weighted by molar-refractivity contribution is 5.94. The number of aromatic nitrogens is 1. The summed E-state index contributed by atoms with van der Waals surface area (Å²) >= 11 is 0. The molecule has 8 heteroatoms. The molecule has 0 saturated heterocycles. The number of carboxylic acids is 1. The average molecular weight is 302 g/mol. The fourth-order valence-corrected chi connectivity index (χ4v) is 1.43.